The predicted molar refractivity (Wildman–Crippen MR) is 58.5 cm³/mol. The molecule has 3 rings (SSSR count). The molecule has 3 heterocycles. The maximum Gasteiger partial charge on any atom is 0.227 e. The molecule has 1 aromatic rings. The molecule has 98 valence electrons. The summed E-state index contributed by atoms with van der Waals surface area (Å²) >= 11 is 0. The fourth-order valence-electron chi connectivity index (χ4n) is 2.35. The monoisotopic (exact) mass is 253 g/mol. The molecule has 0 radical (unpaired) electrons. The minimum atomic E-state index is -0.373. The molecule has 2 aliphatic heterocycles. The number of carbonyl (C=O) groups is 1. The first-order valence-corrected chi connectivity index (χ1v) is 6.10. The molecule has 0 bridgehead atoms. The Morgan fingerprint density at radius 1 is 1.44 bits per heavy atom. The van der Waals surface area contributed by atoms with Gasteiger partial charge in [0.1, 0.15) is 0 Å². The van der Waals surface area contributed by atoms with E-state index in [2.05, 4.69) is 10.1 Å². The Morgan fingerprint density at radius 3 is 3.00 bits per heavy atom. The summed E-state index contributed by atoms with van der Waals surface area (Å²) in [6.07, 6.45) is 2.11. The lowest BCUT2D eigenvalue weighted by Crippen LogP contribution is -2.31. The Kier molecular flexibility index (Phi) is 3.24. The van der Waals surface area contributed by atoms with Crippen molar-refractivity contribution >= 4 is 5.91 Å². The number of carbonyl (C=O) groups excluding carboxylic acids is 1. The first-order valence-electron chi connectivity index (χ1n) is 6.10. The third-order valence-corrected chi connectivity index (χ3v) is 3.32. The molecule has 7 nitrogen and oxygen atoms in total. The molecule has 2 aliphatic rings. The second-order valence-electron chi connectivity index (χ2n) is 4.49. The molecule has 1 amide bonds. The molecule has 0 spiro atoms. The lowest BCUT2D eigenvalue weighted by atomic mass is 10.1. The number of nitrogens with zero attached hydrogens (tertiary/aromatic N) is 3. The van der Waals surface area contributed by atoms with Gasteiger partial charge in [0.25, 0.3) is 0 Å². The van der Waals surface area contributed by atoms with Gasteiger partial charge in [-0.25, -0.2) is 0 Å². The maximum absolute atomic E-state index is 12.0. The van der Waals surface area contributed by atoms with Crippen molar-refractivity contribution in [3.8, 4) is 0 Å². The lowest BCUT2D eigenvalue weighted by molar-refractivity contribution is -0.138. The minimum Gasteiger partial charge on any atom is -0.350 e. The van der Waals surface area contributed by atoms with E-state index in [0.717, 1.165) is 13.0 Å². The number of amides is 1. The molecule has 0 aromatic carbocycles. The van der Waals surface area contributed by atoms with Crippen molar-refractivity contribution in [1.29, 1.82) is 0 Å². The van der Waals surface area contributed by atoms with Gasteiger partial charge in [0.05, 0.1) is 19.6 Å². The summed E-state index contributed by atoms with van der Waals surface area (Å²) < 4.78 is 15.3. The Labute approximate surface area is 104 Å². The van der Waals surface area contributed by atoms with Crippen LogP contribution in [0, 0.1) is 0 Å². The summed E-state index contributed by atoms with van der Waals surface area (Å²) in [5.41, 5.74) is 0. The quantitative estimate of drug-likeness (QED) is 0.763. The number of aromatic nitrogens is 2. The van der Waals surface area contributed by atoms with Crippen molar-refractivity contribution in [3.63, 3.8) is 0 Å². The SMILES string of the molecule is O=C(CC1OCCO1)N1CCC(c2ncon2)C1. The average Bonchev–Trinajstić information content (AvgIpc) is 3.11. The highest BCUT2D eigenvalue weighted by atomic mass is 16.7. The zero-order valence-electron chi connectivity index (χ0n) is 9.95. The Bertz CT molecular complexity index is 402. The van der Waals surface area contributed by atoms with Crippen LogP contribution in [-0.4, -0.2) is 53.5 Å². The van der Waals surface area contributed by atoms with Crippen molar-refractivity contribution in [2.75, 3.05) is 26.3 Å². The third kappa shape index (κ3) is 2.37. The van der Waals surface area contributed by atoms with Crippen molar-refractivity contribution in [2.24, 2.45) is 0 Å². The van der Waals surface area contributed by atoms with Crippen molar-refractivity contribution < 1.29 is 18.8 Å². The number of likely N-dealkylation sites (tertiary alicyclic amines) is 1. The summed E-state index contributed by atoms with van der Waals surface area (Å²) in [4.78, 5) is 17.9. The fraction of sp³-hybridized carbons (Fsp3) is 0.727. The second kappa shape index (κ2) is 5.03. The van der Waals surface area contributed by atoms with E-state index in [9.17, 15) is 4.79 Å². The topological polar surface area (TPSA) is 77.7 Å². The van der Waals surface area contributed by atoms with Gasteiger partial charge in [-0.05, 0) is 6.42 Å². The van der Waals surface area contributed by atoms with Gasteiger partial charge < -0.3 is 18.9 Å². The normalized spacial score (nSPS) is 24.9. The Hall–Kier alpha value is -1.47. The van der Waals surface area contributed by atoms with Crippen LogP contribution in [0.3, 0.4) is 0 Å². The molecule has 1 aromatic heterocycles. The average molecular weight is 253 g/mol. The summed E-state index contributed by atoms with van der Waals surface area (Å²) in [6, 6.07) is 0. The van der Waals surface area contributed by atoms with Crippen LogP contribution in [-0.2, 0) is 14.3 Å². The second-order valence-corrected chi connectivity index (χ2v) is 4.49. The van der Waals surface area contributed by atoms with E-state index in [1.54, 1.807) is 0 Å². The smallest absolute Gasteiger partial charge is 0.227 e. The van der Waals surface area contributed by atoms with Gasteiger partial charge in [0, 0.05) is 19.0 Å². The van der Waals surface area contributed by atoms with E-state index < -0.39 is 0 Å². The van der Waals surface area contributed by atoms with E-state index in [1.165, 1.54) is 6.39 Å². The molecular weight excluding hydrogens is 238 g/mol. The molecule has 0 N–H and O–H groups in total. The van der Waals surface area contributed by atoms with Crippen molar-refractivity contribution in [1.82, 2.24) is 15.0 Å². The zero-order valence-corrected chi connectivity index (χ0v) is 9.95. The predicted octanol–water partition coefficient (Wildman–Crippen LogP) is 0.148. The molecule has 7 heteroatoms. The molecule has 0 saturated carbocycles. The van der Waals surface area contributed by atoms with Crippen molar-refractivity contribution in [3.05, 3.63) is 12.2 Å². The molecule has 2 saturated heterocycles. The van der Waals surface area contributed by atoms with Crippen molar-refractivity contribution in [2.45, 2.75) is 25.0 Å². The number of hydrogen-bond acceptors (Lipinski definition) is 6. The zero-order chi connectivity index (χ0) is 12.4. The Balaban J connectivity index is 1.53. The van der Waals surface area contributed by atoms with Crippen LogP contribution >= 0.6 is 0 Å². The van der Waals surface area contributed by atoms with Gasteiger partial charge in [-0.1, -0.05) is 5.16 Å². The number of ether oxygens (including phenoxy) is 2. The molecule has 0 aliphatic carbocycles. The van der Waals surface area contributed by atoms with E-state index in [4.69, 9.17) is 14.0 Å². The molecule has 2 fully saturated rings. The van der Waals surface area contributed by atoms with Crippen LogP contribution in [0.5, 0.6) is 0 Å². The van der Waals surface area contributed by atoms with Gasteiger partial charge in [-0.2, -0.15) is 4.98 Å². The highest BCUT2D eigenvalue weighted by Gasteiger charge is 2.31. The maximum atomic E-state index is 12.0. The van der Waals surface area contributed by atoms with Crippen LogP contribution in [0.2, 0.25) is 0 Å². The van der Waals surface area contributed by atoms with Gasteiger partial charge in [-0.3, -0.25) is 4.79 Å². The van der Waals surface area contributed by atoms with E-state index in [-0.39, 0.29) is 18.1 Å². The highest BCUT2D eigenvalue weighted by Crippen LogP contribution is 2.25. The standard InChI is InChI=1S/C11H15N3O4/c15-9(5-10-16-3-4-17-10)14-2-1-8(6-14)11-12-7-18-13-11/h7-8,10H,1-6H2. The Morgan fingerprint density at radius 2 is 2.28 bits per heavy atom. The summed E-state index contributed by atoms with van der Waals surface area (Å²) in [6.45, 7) is 2.52. The van der Waals surface area contributed by atoms with Crippen LogP contribution in [0.4, 0.5) is 0 Å². The first kappa shape index (κ1) is 11.6. The van der Waals surface area contributed by atoms with Crippen LogP contribution in [0.1, 0.15) is 24.6 Å². The number of rotatable bonds is 3. The molecule has 1 unspecified atom stereocenters. The van der Waals surface area contributed by atoms with Gasteiger partial charge >= 0.3 is 0 Å². The largest absolute Gasteiger partial charge is 0.350 e. The van der Waals surface area contributed by atoms with Crippen LogP contribution in [0.15, 0.2) is 10.9 Å². The summed E-state index contributed by atoms with van der Waals surface area (Å²) in [5.74, 6) is 0.921. The molecule has 1 atom stereocenters. The summed E-state index contributed by atoms with van der Waals surface area (Å²) in [7, 11) is 0. The summed E-state index contributed by atoms with van der Waals surface area (Å²) in [5, 5.41) is 3.82. The van der Waals surface area contributed by atoms with Crippen LogP contribution in [0.25, 0.3) is 0 Å². The van der Waals surface area contributed by atoms with Gasteiger partial charge in [0.2, 0.25) is 12.3 Å². The van der Waals surface area contributed by atoms with Gasteiger partial charge in [0.15, 0.2) is 12.1 Å². The number of hydrogen-bond donors (Lipinski definition) is 0. The first-order chi connectivity index (χ1) is 8.83. The fourth-order valence-corrected chi connectivity index (χ4v) is 2.35. The van der Waals surface area contributed by atoms with Gasteiger partial charge in [-0.15, -0.1) is 0 Å². The van der Waals surface area contributed by atoms with E-state index >= 15 is 0 Å². The third-order valence-electron chi connectivity index (χ3n) is 3.32. The highest BCUT2D eigenvalue weighted by molar-refractivity contribution is 5.77. The minimum absolute atomic E-state index is 0.0629. The van der Waals surface area contributed by atoms with E-state index in [0.29, 0.717) is 32.0 Å². The molecular formula is C11H15N3O4. The lowest BCUT2D eigenvalue weighted by Gasteiger charge is -2.17. The van der Waals surface area contributed by atoms with E-state index in [1.807, 2.05) is 4.90 Å². The van der Waals surface area contributed by atoms with Crippen LogP contribution < -0.4 is 0 Å². The molecule has 18 heavy (non-hydrogen) atoms.